The molecule has 1 aliphatic heterocycles. The first kappa shape index (κ1) is 13.8. The number of nitrogens with two attached hydrogens (primary N) is 1. The van der Waals surface area contributed by atoms with Crippen molar-refractivity contribution in [2.75, 3.05) is 26.2 Å². The van der Waals surface area contributed by atoms with E-state index in [-0.39, 0.29) is 11.9 Å². The summed E-state index contributed by atoms with van der Waals surface area (Å²) in [5.41, 5.74) is 5.40. The van der Waals surface area contributed by atoms with E-state index < -0.39 is 0 Å². The molecule has 18 heavy (non-hydrogen) atoms. The molecule has 0 radical (unpaired) electrons. The molecule has 1 aliphatic carbocycles. The van der Waals surface area contributed by atoms with E-state index in [9.17, 15) is 4.79 Å². The van der Waals surface area contributed by atoms with Gasteiger partial charge >= 0.3 is 0 Å². The number of hydrogen-bond donors (Lipinski definition) is 2. The zero-order valence-electron chi connectivity index (χ0n) is 11.2. The van der Waals surface area contributed by atoms with Gasteiger partial charge in [0, 0.05) is 19.1 Å². The smallest absolute Gasteiger partial charge is 0.234 e. The van der Waals surface area contributed by atoms with Crippen LogP contribution in [-0.2, 0) is 9.53 Å². The summed E-state index contributed by atoms with van der Waals surface area (Å²) in [5.74, 6) is -0.243. The largest absolute Gasteiger partial charge is 0.375 e. The van der Waals surface area contributed by atoms with Crippen molar-refractivity contribution in [3.8, 4) is 0 Å². The van der Waals surface area contributed by atoms with Crippen LogP contribution in [0, 0.1) is 0 Å². The molecule has 5 nitrogen and oxygen atoms in total. The van der Waals surface area contributed by atoms with Gasteiger partial charge in [-0.15, -0.1) is 0 Å². The summed E-state index contributed by atoms with van der Waals surface area (Å²) in [5, 5.41) is 3.15. The minimum atomic E-state index is -0.243. The molecule has 3 unspecified atom stereocenters. The van der Waals surface area contributed by atoms with Crippen molar-refractivity contribution in [2.24, 2.45) is 5.73 Å². The highest BCUT2D eigenvalue weighted by atomic mass is 16.5. The van der Waals surface area contributed by atoms with Gasteiger partial charge in [0.2, 0.25) is 5.91 Å². The highest BCUT2D eigenvalue weighted by molar-refractivity contribution is 5.79. The van der Waals surface area contributed by atoms with Crippen molar-refractivity contribution < 1.29 is 9.53 Å². The molecule has 1 amide bonds. The van der Waals surface area contributed by atoms with Gasteiger partial charge in [-0.3, -0.25) is 9.69 Å². The summed E-state index contributed by atoms with van der Waals surface area (Å²) in [4.78, 5) is 13.8. The number of amides is 1. The molecule has 0 bridgehead atoms. The van der Waals surface area contributed by atoms with Crippen molar-refractivity contribution in [3.63, 3.8) is 0 Å². The molecular weight excluding hydrogens is 230 g/mol. The number of rotatable bonds is 6. The van der Waals surface area contributed by atoms with Gasteiger partial charge in [0.15, 0.2) is 0 Å². The van der Waals surface area contributed by atoms with Gasteiger partial charge in [-0.2, -0.15) is 0 Å². The summed E-state index contributed by atoms with van der Waals surface area (Å²) in [6.07, 6.45) is 4.90. The zero-order chi connectivity index (χ0) is 13.0. The van der Waals surface area contributed by atoms with Crippen molar-refractivity contribution in [1.29, 1.82) is 0 Å². The van der Waals surface area contributed by atoms with Crippen LogP contribution in [-0.4, -0.2) is 55.2 Å². The molecule has 0 aromatic carbocycles. The van der Waals surface area contributed by atoms with Crippen molar-refractivity contribution in [3.05, 3.63) is 0 Å². The normalized spacial score (nSPS) is 30.1. The van der Waals surface area contributed by atoms with Crippen molar-refractivity contribution in [1.82, 2.24) is 10.2 Å². The lowest BCUT2D eigenvalue weighted by molar-refractivity contribution is -0.120. The summed E-state index contributed by atoms with van der Waals surface area (Å²) in [6.45, 7) is 5.52. The lowest BCUT2D eigenvalue weighted by Gasteiger charge is -2.38. The Bertz CT molecular complexity index is 285. The van der Waals surface area contributed by atoms with Gasteiger partial charge < -0.3 is 15.8 Å². The first-order chi connectivity index (χ1) is 8.72. The van der Waals surface area contributed by atoms with Gasteiger partial charge in [0.25, 0.3) is 0 Å². The van der Waals surface area contributed by atoms with Gasteiger partial charge in [-0.1, -0.05) is 6.92 Å². The zero-order valence-corrected chi connectivity index (χ0v) is 11.2. The Hall–Kier alpha value is -0.650. The molecule has 1 heterocycles. The topological polar surface area (TPSA) is 67.6 Å². The molecular formula is C13H25N3O2. The van der Waals surface area contributed by atoms with E-state index in [2.05, 4.69) is 10.2 Å². The first-order valence-electron chi connectivity index (χ1n) is 7.10. The van der Waals surface area contributed by atoms with Crippen molar-refractivity contribution in [2.45, 2.75) is 50.8 Å². The van der Waals surface area contributed by atoms with Crippen LogP contribution < -0.4 is 11.1 Å². The van der Waals surface area contributed by atoms with Crippen LogP contribution >= 0.6 is 0 Å². The summed E-state index contributed by atoms with van der Waals surface area (Å²) in [7, 11) is 0. The molecule has 104 valence electrons. The second-order valence-corrected chi connectivity index (χ2v) is 5.24. The van der Waals surface area contributed by atoms with Crippen LogP contribution in [0.5, 0.6) is 0 Å². The van der Waals surface area contributed by atoms with Crippen LogP contribution in [0.4, 0.5) is 0 Å². The third kappa shape index (κ3) is 3.22. The van der Waals surface area contributed by atoms with E-state index in [0.29, 0.717) is 12.1 Å². The molecule has 3 N–H and O–H groups in total. The Labute approximate surface area is 109 Å². The highest BCUT2D eigenvalue weighted by Crippen LogP contribution is 2.29. The molecule has 0 spiro atoms. The van der Waals surface area contributed by atoms with Crippen LogP contribution in [0.25, 0.3) is 0 Å². The molecule has 2 fully saturated rings. The number of carbonyl (C=O) groups is 1. The maximum atomic E-state index is 11.3. The fourth-order valence-electron chi connectivity index (χ4n) is 3.17. The predicted octanol–water partition coefficient (Wildman–Crippen LogP) is 0.0932. The minimum absolute atomic E-state index is 0.197. The quantitative estimate of drug-likeness (QED) is 0.706. The Morgan fingerprint density at radius 1 is 1.56 bits per heavy atom. The summed E-state index contributed by atoms with van der Waals surface area (Å²) < 4.78 is 5.78. The fourth-order valence-corrected chi connectivity index (χ4v) is 3.17. The standard InChI is InChI=1S/C13H25N3O2/c1-2-15-10(13(14)17)6-7-16-8-9-18-12-5-3-4-11(12)16/h10-12,15H,2-9H2,1H3,(H2,14,17). The Balaban J connectivity index is 1.82. The number of carbonyl (C=O) groups excluding carboxylic acids is 1. The second-order valence-electron chi connectivity index (χ2n) is 5.24. The maximum Gasteiger partial charge on any atom is 0.234 e. The maximum absolute atomic E-state index is 11.3. The van der Waals surface area contributed by atoms with E-state index in [1.807, 2.05) is 6.92 Å². The molecule has 2 rings (SSSR count). The SMILES string of the molecule is CCNC(CCN1CCOC2CCCC21)C(N)=O. The molecule has 1 saturated heterocycles. The van der Waals surface area contributed by atoms with Crippen LogP contribution in [0.3, 0.4) is 0 Å². The van der Waals surface area contributed by atoms with Gasteiger partial charge in [-0.25, -0.2) is 0 Å². The Kier molecular flexibility index (Phi) is 4.97. The molecule has 0 aromatic rings. The van der Waals surface area contributed by atoms with Crippen LogP contribution in [0.1, 0.15) is 32.6 Å². The predicted molar refractivity (Wildman–Crippen MR) is 70.2 cm³/mol. The van der Waals surface area contributed by atoms with Crippen LogP contribution in [0.15, 0.2) is 0 Å². The van der Waals surface area contributed by atoms with E-state index in [4.69, 9.17) is 10.5 Å². The van der Waals surface area contributed by atoms with E-state index in [0.717, 1.165) is 32.7 Å². The average molecular weight is 255 g/mol. The van der Waals surface area contributed by atoms with E-state index in [1.54, 1.807) is 0 Å². The number of ether oxygens (including phenoxy) is 1. The Morgan fingerprint density at radius 3 is 3.11 bits per heavy atom. The number of fused-ring (bicyclic) bond motifs is 1. The molecule has 0 aromatic heterocycles. The number of morpholine rings is 1. The number of primary amides is 1. The molecule has 5 heteroatoms. The lowest BCUT2D eigenvalue weighted by Crippen LogP contribution is -2.51. The lowest BCUT2D eigenvalue weighted by atomic mass is 10.1. The monoisotopic (exact) mass is 255 g/mol. The molecule has 1 saturated carbocycles. The average Bonchev–Trinajstić information content (AvgIpc) is 2.82. The van der Waals surface area contributed by atoms with Gasteiger partial charge in [0.05, 0.1) is 18.8 Å². The molecule has 2 aliphatic rings. The summed E-state index contributed by atoms with van der Waals surface area (Å²) >= 11 is 0. The van der Waals surface area contributed by atoms with Gasteiger partial charge in [-0.05, 0) is 32.2 Å². The number of nitrogens with one attached hydrogen (secondary N) is 1. The van der Waals surface area contributed by atoms with Crippen molar-refractivity contribution >= 4 is 5.91 Å². The molecule has 3 atom stereocenters. The summed E-state index contributed by atoms with van der Waals surface area (Å²) in [6, 6.07) is 0.367. The Morgan fingerprint density at radius 2 is 2.39 bits per heavy atom. The highest BCUT2D eigenvalue weighted by Gasteiger charge is 2.35. The number of nitrogens with zero attached hydrogens (tertiary/aromatic N) is 1. The first-order valence-corrected chi connectivity index (χ1v) is 7.10. The van der Waals surface area contributed by atoms with Gasteiger partial charge in [0.1, 0.15) is 0 Å². The van der Waals surface area contributed by atoms with Crippen LogP contribution in [0.2, 0.25) is 0 Å². The minimum Gasteiger partial charge on any atom is -0.375 e. The number of likely N-dealkylation sites (N-methyl/N-ethyl adjacent to an activating group) is 1. The fraction of sp³-hybridized carbons (Fsp3) is 0.923. The third-order valence-electron chi connectivity index (χ3n) is 4.10. The number of hydrogen-bond acceptors (Lipinski definition) is 4. The second kappa shape index (κ2) is 6.50. The van der Waals surface area contributed by atoms with E-state index >= 15 is 0 Å². The third-order valence-corrected chi connectivity index (χ3v) is 4.10. The van der Waals surface area contributed by atoms with E-state index in [1.165, 1.54) is 19.3 Å².